The van der Waals surface area contributed by atoms with Crippen molar-refractivity contribution < 1.29 is 10.0 Å². The molecule has 0 unspecified atom stereocenters. The van der Waals surface area contributed by atoms with Crippen LogP contribution in [0.3, 0.4) is 0 Å². The van der Waals surface area contributed by atoms with E-state index in [1.807, 2.05) is 19.1 Å². The Kier molecular flexibility index (Phi) is 7.42. The molecule has 4 nitrogen and oxygen atoms in total. The lowest BCUT2D eigenvalue weighted by Crippen LogP contribution is -2.42. The van der Waals surface area contributed by atoms with Crippen molar-refractivity contribution in [1.82, 2.24) is 10.8 Å². The van der Waals surface area contributed by atoms with Crippen molar-refractivity contribution in [2.75, 3.05) is 0 Å². The predicted molar refractivity (Wildman–Crippen MR) is 107 cm³/mol. The summed E-state index contributed by atoms with van der Waals surface area (Å²) in [5.74, 6) is -0.447. The first-order valence-corrected chi connectivity index (χ1v) is 9.18. The smallest absolute Gasteiger partial charge is 0.265 e. The molecular weight excluding hydrogens is 324 g/mol. The zero-order valence-corrected chi connectivity index (χ0v) is 15.6. The van der Waals surface area contributed by atoms with Crippen molar-refractivity contribution in [3.63, 3.8) is 0 Å². The standard InChI is InChI=1S/C22H28N2O2/c1-4-6-17-8-10-19(11-9-17)20-14-12-18(13-15-20)16(3)23-21(7-5-2)22(25)24-26/h8-15,21,23,26H,3-7H2,1-2H3,(H,24,25)/t21-/m0/s1. The molecule has 0 spiro atoms. The van der Waals surface area contributed by atoms with Crippen LogP contribution in [0.4, 0.5) is 0 Å². The fourth-order valence-electron chi connectivity index (χ4n) is 2.95. The van der Waals surface area contributed by atoms with E-state index in [1.165, 1.54) is 11.1 Å². The average molecular weight is 352 g/mol. The van der Waals surface area contributed by atoms with Gasteiger partial charge >= 0.3 is 0 Å². The number of amides is 1. The lowest BCUT2D eigenvalue weighted by Gasteiger charge is -2.19. The highest BCUT2D eigenvalue weighted by atomic mass is 16.5. The molecule has 0 aromatic heterocycles. The summed E-state index contributed by atoms with van der Waals surface area (Å²) in [7, 11) is 0. The van der Waals surface area contributed by atoms with Crippen molar-refractivity contribution in [3.05, 3.63) is 66.2 Å². The molecule has 0 heterocycles. The fourth-order valence-corrected chi connectivity index (χ4v) is 2.95. The van der Waals surface area contributed by atoms with E-state index in [1.54, 1.807) is 5.48 Å². The van der Waals surface area contributed by atoms with E-state index in [0.717, 1.165) is 30.4 Å². The monoisotopic (exact) mass is 352 g/mol. The minimum Gasteiger partial charge on any atom is -0.374 e. The van der Waals surface area contributed by atoms with Crippen molar-refractivity contribution in [2.24, 2.45) is 0 Å². The second-order valence-corrected chi connectivity index (χ2v) is 6.46. The minimum absolute atomic E-state index is 0.447. The first kappa shape index (κ1) is 19.7. The molecule has 3 N–H and O–H groups in total. The largest absolute Gasteiger partial charge is 0.374 e. The molecule has 0 fully saturated rings. The highest BCUT2D eigenvalue weighted by molar-refractivity contribution is 5.82. The molecule has 138 valence electrons. The van der Waals surface area contributed by atoms with Crippen LogP contribution in [-0.2, 0) is 11.2 Å². The highest BCUT2D eigenvalue weighted by Crippen LogP contribution is 2.22. The van der Waals surface area contributed by atoms with Crippen molar-refractivity contribution in [3.8, 4) is 11.1 Å². The van der Waals surface area contributed by atoms with Gasteiger partial charge in [-0.2, -0.15) is 0 Å². The Morgan fingerprint density at radius 1 is 1.00 bits per heavy atom. The molecule has 2 rings (SSSR count). The van der Waals surface area contributed by atoms with Crippen LogP contribution in [0.2, 0.25) is 0 Å². The van der Waals surface area contributed by atoms with E-state index in [2.05, 4.69) is 55.2 Å². The van der Waals surface area contributed by atoms with Gasteiger partial charge in [0.15, 0.2) is 0 Å². The number of hydroxylamine groups is 1. The molecule has 0 aliphatic heterocycles. The molecule has 0 aliphatic rings. The van der Waals surface area contributed by atoms with Crippen molar-refractivity contribution in [1.29, 1.82) is 0 Å². The van der Waals surface area contributed by atoms with E-state index >= 15 is 0 Å². The summed E-state index contributed by atoms with van der Waals surface area (Å²) in [4.78, 5) is 11.7. The Morgan fingerprint density at radius 2 is 1.58 bits per heavy atom. The number of aryl methyl sites for hydroxylation is 1. The number of nitrogens with one attached hydrogen (secondary N) is 2. The van der Waals surface area contributed by atoms with Gasteiger partial charge in [0.25, 0.3) is 5.91 Å². The Bertz CT molecular complexity index is 721. The molecule has 0 saturated heterocycles. The average Bonchev–Trinajstić information content (AvgIpc) is 2.68. The normalized spacial score (nSPS) is 11.7. The van der Waals surface area contributed by atoms with Crippen LogP contribution in [-0.4, -0.2) is 17.2 Å². The Hall–Kier alpha value is -2.59. The van der Waals surface area contributed by atoms with Gasteiger partial charge in [-0.3, -0.25) is 10.0 Å². The summed E-state index contributed by atoms with van der Waals surface area (Å²) in [5, 5.41) is 12.0. The molecule has 0 saturated carbocycles. The molecule has 1 atom stereocenters. The summed E-state index contributed by atoms with van der Waals surface area (Å²) in [5.41, 5.74) is 6.97. The third-order valence-electron chi connectivity index (χ3n) is 4.41. The highest BCUT2D eigenvalue weighted by Gasteiger charge is 2.17. The number of carbonyl (C=O) groups excluding carboxylic acids is 1. The number of hydrogen-bond acceptors (Lipinski definition) is 3. The Labute approximate surface area is 155 Å². The summed E-state index contributed by atoms with van der Waals surface area (Å²) < 4.78 is 0. The molecule has 26 heavy (non-hydrogen) atoms. The zero-order chi connectivity index (χ0) is 18.9. The predicted octanol–water partition coefficient (Wildman–Crippen LogP) is 4.54. The van der Waals surface area contributed by atoms with Gasteiger partial charge in [-0.15, -0.1) is 0 Å². The maximum atomic E-state index is 11.7. The molecule has 1 amide bonds. The molecule has 0 aliphatic carbocycles. The van der Waals surface area contributed by atoms with Gasteiger partial charge in [0.05, 0.1) is 0 Å². The Morgan fingerprint density at radius 3 is 2.08 bits per heavy atom. The molecular formula is C22H28N2O2. The zero-order valence-electron chi connectivity index (χ0n) is 15.6. The van der Waals surface area contributed by atoms with Gasteiger partial charge in [0.1, 0.15) is 6.04 Å². The molecule has 0 radical (unpaired) electrons. The van der Waals surface area contributed by atoms with Gasteiger partial charge in [-0.1, -0.05) is 81.8 Å². The summed E-state index contributed by atoms with van der Waals surface area (Å²) >= 11 is 0. The SMILES string of the molecule is C=C(N[C@@H](CCC)C(=O)NO)c1ccc(-c2ccc(CCC)cc2)cc1. The second kappa shape index (κ2) is 9.78. The topological polar surface area (TPSA) is 61.4 Å². The van der Waals surface area contributed by atoms with Crippen LogP contribution >= 0.6 is 0 Å². The van der Waals surface area contributed by atoms with E-state index in [9.17, 15) is 4.79 Å². The van der Waals surface area contributed by atoms with Crippen LogP contribution in [0, 0.1) is 0 Å². The third-order valence-corrected chi connectivity index (χ3v) is 4.41. The maximum absolute atomic E-state index is 11.7. The van der Waals surface area contributed by atoms with E-state index in [4.69, 9.17) is 5.21 Å². The lowest BCUT2D eigenvalue weighted by atomic mass is 10.0. The van der Waals surface area contributed by atoms with Gasteiger partial charge in [-0.05, 0) is 35.1 Å². The summed E-state index contributed by atoms with van der Waals surface area (Å²) in [6.07, 6.45) is 3.69. The maximum Gasteiger partial charge on any atom is 0.265 e. The number of hydrogen-bond donors (Lipinski definition) is 3. The first-order valence-electron chi connectivity index (χ1n) is 9.18. The second-order valence-electron chi connectivity index (χ2n) is 6.46. The van der Waals surface area contributed by atoms with E-state index in [-0.39, 0.29) is 0 Å². The molecule has 0 bridgehead atoms. The van der Waals surface area contributed by atoms with Gasteiger partial charge in [0, 0.05) is 5.70 Å². The molecule has 4 heteroatoms. The van der Waals surface area contributed by atoms with Gasteiger partial charge in [-0.25, -0.2) is 5.48 Å². The minimum atomic E-state index is -0.497. The molecule has 2 aromatic rings. The van der Waals surface area contributed by atoms with E-state index in [0.29, 0.717) is 12.1 Å². The van der Waals surface area contributed by atoms with Crippen molar-refractivity contribution in [2.45, 2.75) is 45.6 Å². The Balaban J connectivity index is 2.08. The van der Waals surface area contributed by atoms with Crippen LogP contribution in [0.25, 0.3) is 16.8 Å². The van der Waals surface area contributed by atoms with Crippen LogP contribution < -0.4 is 10.8 Å². The lowest BCUT2D eigenvalue weighted by molar-refractivity contribution is -0.131. The quantitative estimate of drug-likeness (QED) is 0.459. The van der Waals surface area contributed by atoms with Crippen LogP contribution in [0.5, 0.6) is 0 Å². The number of benzene rings is 2. The first-order chi connectivity index (χ1) is 12.6. The number of rotatable bonds is 9. The van der Waals surface area contributed by atoms with Gasteiger partial charge < -0.3 is 5.32 Å². The van der Waals surface area contributed by atoms with E-state index < -0.39 is 11.9 Å². The molecule has 2 aromatic carbocycles. The fraction of sp³-hybridized carbons (Fsp3) is 0.318. The van der Waals surface area contributed by atoms with Crippen LogP contribution in [0.1, 0.15) is 44.2 Å². The summed E-state index contributed by atoms with van der Waals surface area (Å²) in [6.45, 7) is 8.20. The van der Waals surface area contributed by atoms with Crippen LogP contribution in [0.15, 0.2) is 55.1 Å². The third kappa shape index (κ3) is 5.20. The van der Waals surface area contributed by atoms with Crippen molar-refractivity contribution >= 4 is 11.6 Å². The number of carbonyl (C=O) groups is 1. The summed E-state index contributed by atoms with van der Waals surface area (Å²) in [6, 6.07) is 16.2. The van der Waals surface area contributed by atoms with Gasteiger partial charge in [0.2, 0.25) is 0 Å².